The predicted octanol–water partition coefficient (Wildman–Crippen LogP) is 4.46. The molecule has 0 saturated carbocycles. The first-order chi connectivity index (χ1) is 12.2. The van der Waals surface area contributed by atoms with Crippen LogP contribution in [-0.4, -0.2) is 25.1 Å². The molecule has 0 aliphatic heterocycles. The smallest absolute Gasteiger partial charge is 0.339 e. The van der Waals surface area contributed by atoms with E-state index < -0.39 is 12.1 Å². The molecule has 0 spiro atoms. The quantitative estimate of drug-likeness (QED) is 0.784. The van der Waals surface area contributed by atoms with Crippen LogP contribution in [0.2, 0.25) is 5.02 Å². The van der Waals surface area contributed by atoms with E-state index in [2.05, 4.69) is 16.1 Å². The second-order valence-corrected chi connectivity index (χ2v) is 6.55. The van der Waals surface area contributed by atoms with Crippen LogP contribution in [0.1, 0.15) is 34.0 Å². The van der Waals surface area contributed by atoms with Gasteiger partial charge in [-0.1, -0.05) is 17.7 Å². The third kappa shape index (κ3) is 4.55. The van der Waals surface area contributed by atoms with Crippen LogP contribution in [0, 0.1) is 20.8 Å². The minimum atomic E-state index is -0.716. The molecule has 1 atom stereocenters. The second kappa shape index (κ2) is 8.23. The van der Waals surface area contributed by atoms with Crippen molar-refractivity contribution in [3.8, 4) is 5.75 Å². The van der Waals surface area contributed by atoms with E-state index in [-0.39, 0.29) is 16.5 Å². The lowest BCUT2D eigenvalue weighted by Gasteiger charge is -2.18. The van der Waals surface area contributed by atoms with Crippen LogP contribution in [0.15, 0.2) is 30.3 Å². The van der Waals surface area contributed by atoms with Crippen molar-refractivity contribution in [2.75, 3.05) is 12.4 Å². The Kier molecular flexibility index (Phi) is 6.27. The minimum absolute atomic E-state index is 0.186. The SMILES string of the molecule is COC(=O)c1cc(NC(=O)[C@@H](C)Oc2cc(C)cc(C)c2C)ccc1Cl. The van der Waals surface area contributed by atoms with Crippen molar-refractivity contribution in [1.82, 2.24) is 0 Å². The van der Waals surface area contributed by atoms with Crippen LogP contribution >= 0.6 is 11.6 Å². The summed E-state index contributed by atoms with van der Waals surface area (Å²) in [7, 11) is 1.27. The molecule has 26 heavy (non-hydrogen) atoms. The van der Waals surface area contributed by atoms with E-state index in [4.69, 9.17) is 16.3 Å². The van der Waals surface area contributed by atoms with Crippen LogP contribution in [0.25, 0.3) is 0 Å². The van der Waals surface area contributed by atoms with Gasteiger partial charge in [-0.05, 0) is 68.7 Å². The average Bonchev–Trinajstić information content (AvgIpc) is 2.60. The third-order valence-corrected chi connectivity index (χ3v) is 4.41. The van der Waals surface area contributed by atoms with Crippen molar-refractivity contribution in [2.24, 2.45) is 0 Å². The Bertz CT molecular complexity index is 848. The van der Waals surface area contributed by atoms with E-state index >= 15 is 0 Å². The fourth-order valence-electron chi connectivity index (χ4n) is 2.48. The highest BCUT2D eigenvalue weighted by molar-refractivity contribution is 6.33. The molecular weight excluding hydrogens is 354 g/mol. The van der Waals surface area contributed by atoms with Crippen molar-refractivity contribution >= 4 is 29.2 Å². The predicted molar refractivity (Wildman–Crippen MR) is 102 cm³/mol. The van der Waals surface area contributed by atoms with Crippen LogP contribution in [0.3, 0.4) is 0 Å². The maximum absolute atomic E-state index is 12.4. The second-order valence-electron chi connectivity index (χ2n) is 6.14. The fourth-order valence-corrected chi connectivity index (χ4v) is 2.68. The Hall–Kier alpha value is -2.53. The molecule has 0 fully saturated rings. The van der Waals surface area contributed by atoms with Gasteiger partial charge in [0.25, 0.3) is 5.91 Å². The summed E-state index contributed by atoms with van der Waals surface area (Å²) in [6.07, 6.45) is -0.716. The highest BCUT2D eigenvalue weighted by atomic mass is 35.5. The lowest BCUT2D eigenvalue weighted by Crippen LogP contribution is -2.30. The van der Waals surface area contributed by atoms with Crippen molar-refractivity contribution in [1.29, 1.82) is 0 Å². The molecule has 5 nitrogen and oxygen atoms in total. The zero-order valence-electron chi connectivity index (χ0n) is 15.5. The Labute approximate surface area is 158 Å². The summed E-state index contributed by atoms with van der Waals surface area (Å²) >= 11 is 5.99. The van der Waals surface area contributed by atoms with Crippen LogP contribution in [0.4, 0.5) is 5.69 Å². The van der Waals surface area contributed by atoms with Gasteiger partial charge in [-0.3, -0.25) is 4.79 Å². The van der Waals surface area contributed by atoms with Crippen molar-refractivity contribution in [2.45, 2.75) is 33.8 Å². The van der Waals surface area contributed by atoms with E-state index in [0.717, 1.165) is 16.7 Å². The summed E-state index contributed by atoms with van der Waals surface area (Å²) in [5.74, 6) is -0.223. The van der Waals surface area contributed by atoms with Crippen LogP contribution in [-0.2, 0) is 9.53 Å². The molecule has 0 saturated heterocycles. The van der Waals surface area contributed by atoms with Gasteiger partial charge in [-0.25, -0.2) is 4.79 Å². The van der Waals surface area contributed by atoms with Gasteiger partial charge in [0.2, 0.25) is 0 Å². The van der Waals surface area contributed by atoms with E-state index in [1.807, 2.05) is 26.8 Å². The first-order valence-electron chi connectivity index (χ1n) is 8.16. The standard InChI is InChI=1S/C20H22ClNO4/c1-11-8-12(2)13(3)18(9-11)26-14(4)19(23)22-15-6-7-17(21)16(10-15)20(24)25-5/h6-10,14H,1-5H3,(H,22,23)/t14-/m1/s1. The van der Waals surface area contributed by atoms with Crippen molar-refractivity contribution in [3.05, 3.63) is 57.6 Å². The number of ether oxygens (including phenoxy) is 2. The molecule has 0 aromatic heterocycles. The lowest BCUT2D eigenvalue weighted by atomic mass is 10.1. The van der Waals surface area contributed by atoms with Gasteiger partial charge in [0.15, 0.2) is 6.10 Å². The van der Waals surface area contributed by atoms with Gasteiger partial charge >= 0.3 is 5.97 Å². The van der Waals surface area contributed by atoms with E-state index in [1.165, 1.54) is 19.2 Å². The molecule has 1 N–H and O–H groups in total. The zero-order chi connectivity index (χ0) is 19.4. The number of nitrogens with one attached hydrogen (secondary N) is 1. The summed E-state index contributed by atoms with van der Waals surface area (Å²) in [5, 5.41) is 2.98. The summed E-state index contributed by atoms with van der Waals surface area (Å²) < 4.78 is 10.5. The number of hydrogen-bond acceptors (Lipinski definition) is 4. The number of anilines is 1. The van der Waals surface area contributed by atoms with Crippen LogP contribution in [0.5, 0.6) is 5.75 Å². The summed E-state index contributed by atoms with van der Waals surface area (Å²) in [5.41, 5.74) is 3.79. The molecule has 2 aromatic rings. The molecule has 2 aromatic carbocycles. The number of methoxy groups -OCH3 is 1. The first-order valence-corrected chi connectivity index (χ1v) is 8.54. The number of rotatable bonds is 5. The minimum Gasteiger partial charge on any atom is -0.481 e. The van der Waals surface area contributed by atoms with E-state index in [0.29, 0.717) is 11.4 Å². The number of benzene rings is 2. The maximum atomic E-state index is 12.4. The number of esters is 1. The molecule has 6 heteroatoms. The summed E-state index contributed by atoms with van der Waals surface area (Å²) in [6.45, 7) is 7.61. The molecule has 1 amide bonds. The number of halogens is 1. The number of carbonyl (C=O) groups excluding carboxylic acids is 2. The molecule has 0 radical (unpaired) electrons. The molecule has 0 bridgehead atoms. The monoisotopic (exact) mass is 375 g/mol. The molecule has 138 valence electrons. The number of carbonyl (C=O) groups is 2. The number of hydrogen-bond donors (Lipinski definition) is 1. The molecule has 0 aliphatic carbocycles. The molecule has 0 aliphatic rings. The van der Waals surface area contributed by atoms with Gasteiger partial charge < -0.3 is 14.8 Å². The van der Waals surface area contributed by atoms with Gasteiger partial charge in [-0.15, -0.1) is 0 Å². The lowest BCUT2D eigenvalue weighted by molar-refractivity contribution is -0.122. The highest BCUT2D eigenvalue weighted by Gasteiger charge is 2.18. The fraction of sp³-hybridized carbons (Fsp3) is 0.300. The first kappa shape index (κ1) is 19.8. The Morgan fingerprint density at radius 1 is 1.12 bits per heavy atom. The average molecular weight is 376 g/mol. The zero-order valence-corrected chi connectivity index (χ0v) is 16.2. The normalized spacial score (nSPS) is 11.6. The van der Waals surface area contributed by atoms with Gasteiger partial charge in [-0.2, -0.15) is 0 Å². The van der Waals surface area contributed by atoms with Gasteiger partial charge in [0, 0.05) is 5.69 Å². The highest BCUT2D eigenvalue weighted by Crippen LogP contribution is 2.25. The maximum Gasteiger partial charge on any atom is 0.339 e. The largest absolute Gasteiger partial charge is 0.481 e. The van der Waals surface area contributed by atoms with E-state index in [1.54, 1.807) is 13.0 Å². The summed E-state index contributed by atoms with van der Waals surface area (Å²) in [4.78, 5) is 24.2. The number of aryl methyl sites for hydroxylation is 2. The van der Waals surface area contributed by atoms with Gasteiger partial charge in [0.1, 0.15) is 5.75 Å². The van der Waals surface area contributed by atoms with Gasteiger partial charge in [0.05, 0.1) is 17.7 Å². The molecule has 2 rings (SSSR count). The Balaban J connectivity index is 2.14. The summed E-state index contributed by atoms with van der Waals surface area (Å²) in [6, 6.07) is 8.59. The topological polar surface area (TPSA) is 64.6 Å². The Morgan fingerprint density at radius 3 is 2.46 bits per heavy atom. The Morgan fingerprint density at radius 2 is 1.81 bits per heavy atom. The number of amides is 1. The molecule has 0 unspecified atom stereocenters. The van der Waals surface area contributed by atoms with Crippen LogP contribution < -0.4 is 10.1 Å². The van der Waals surface area contributed by atoms with E-state index in [9.17, 15) is 9.59 Å². The van der Waals surface area contributed by atoms with Crippen molar-refractivity contribution in [3.63, 3.8) is 0 Å². The third-order valence-electron chi connectivity index (χ3n) is 4.08. The van der Waals surface area contributed by atoms with Crippen molar-refractivity contribution < 1.29 is 19.1 Å². The molecule has 0 heterocycles. The molecular formula is C20H22ClNO4.